The summed E-state index contributed by atoms with van der Waals surface area (Å²) < 4.78 is 7.46. The van der Waals surface area contributed by atoms with Gasteiger partial charge in [-0.15, -0.1) is 23.7 Å². The lowest BCUT2D eigenvalue weighted by atomic mass is 10.1. The maximum absolute atomic E-state index is 13.1. The average Bonchev–Trinajstić information content (AvgIpc) is 3.22. The molecule has 1 amide bonds. The van der Waals surface area contributed by atoms with Crippen LogP contribution in [0.2, 0.25) is 5.02 Å². The van der Waals surface area contributed by atoms with E-state index in [1.54, 1.807) is 39.4 Å². The van der Waals surface area contributed by atoms with Gasteiger partial charge in [0.05, 0.1) is 11.7 Å². The van der Waals surface area contributed by atoms with Gasteiger partial charge in [0.15, 0.2) is 11.4 Å². The molecule has 3 aromatic rings. The lowest BCUT2D eigenvalue weighted by Crippen LogP contribution is -2.41. The Labute approximate surface area is 194 Å². The zero-order valence-corrected chi connectivity index (χ0v) is 19.3. The monoisotopic (exact) mass is 481 g/mol. The van der Waals surface area contributed by atoms with E-state index in [9.17, 15) is 14.7 Å². The molecule has 4 rings (SSSR count). The molecule has 1 N–H and O–H groups in total. The minimum absolute atomic E-state index is 0. The van der Waals surface area contributed by atoms with Crippen LogP contribution in [0, 0.1) is 0 Å². The van der Waals surface area contributed by atoms with Crippen LogP contribution in [0.1, 0.15) is 29.9 Å². The predicted molar refractivity (Wildman–Crippen MR) is 123 cm³/mol. The molecule has 0 saturated carbocycles. The van der Waals surface area contributed by atoms with Gasteiger partial charge >= 0.3 is 0 Å². The van der Waals surface area contributed by atoms with Crippen LogP contribution in [-0.4, -0.2) is 38.1 Å². The summed E-state index contributed by atoms with van der Waals surface area (Å²) >= 11 is 7.40. The average molecular weight is 482 g/mol. The first-order valence-corrected chi connectivity index (χ1v) is 10.7. The molecule has 164 valence electrons. The molecule has 1 aromatic carbocycles. The zero-order valence-electron chi connectivity index (χ0n) is 16.9. The van der Waals surface area contributed by atoms with Gasteiger partial charge in [-0.3, -0.25) is 9.59 Å². The van der Waals surface area contributed by atoms with Crippen LogP contribution < -0.4 is 10.2 Å². The van der Waals surface area contributed by atoms with Gasteiger partial charge in [0.25, 0.3) is 5.91 Å². The zero-order chi connectivity index (χ0) is 21.4. The van der Waals surface area contributed by atoms with Gasteiger partial charge in [-0.2, -0.15) is 0 Å². The first-order valence-electron chi connectivity index (χ1n) is 9.45. The van der Waals surface area contributed by atoms with Crippen LogP contribution in [0.15, 0.2) is 40.8 Å². The fourth-order valence-corrected chi connectivity index (χ4v) is 4.23. The molecular formula is C21H21Cl2N3O4S. The molecule has 0 spiro atoms. The Morgan fingerprint density at radius 2 is 2.06 bits per heavy atom. The van der Waals surface area contributed by atoms with Crippen molar-refractivity contribution in [2.24, 2.45) is 0 Å². The number of hydrogen-bond acceptors (Lipinski definition) is 6. The fraction of sp³-hybridized carbons (Fsp3) is 0.286. The van der Waals surface area contributed by atoms with Gasteiger partial charge in [0.2, 0.25) is 5.43 Å². The third-order valence-electron chi connectivity index (χ3n) is 4.77. The maximum atomic E-state index is 13.1. The fourth-order valence-electron chi connectivity index (χ4n) is 3.42. The summed E-state index contributed by atoms with van der Waals surface area (Å²) in [6, 6.07) is 5.29. The summed E-state index contributed by atoms with van der Waals surface area (Å²) in [7, 11) is 0. The Morgan fingerprint density at radius 3 is 2.74 bits per heavy atom. The highest BCUT2D eigenvalue weighted by molar-refractivity contribution is 7.13. The van der Waals surface area contributed by atoms with Crippen molar-refractivity contribution < 1.29 is 14.6 Å². The lowest BCUT2D eigenvalue weighted by Gasteiger charge is -2.31. The van der Waals surface area contributed by atoms with Crippen molar-refractivity contribution in [3.05, 3.63) is 62.5 Å². The van der Waals surface area contributed by atoms with Gasteiger partial charge in [-0.1, -0.05) is 17.7 Å². The van der Waals surface area contributed by atoms with Crippen LogP contribution in [-0.2, 0) is 13.1 Å². The molecular weight excluding hydrogens is 461 g/mol. The standard InChI is InChI=1S/C21H20ClN3O4S.ClH/c1-12(2)29-16-9-14(22)4-3-13(16)10-25-7-6-24-11-15(20-23-5-8-30-20)18(26)19(27)17(24)21(25)28;/h3-5,8-9,11-12,27H,6-7,10H2,1-2H3;1H. The van der Waals surface area contributed by atoms with Crippen molar-refractivity contribution in [3.63, 3.8) is 0 Å². The van der Waals surface area contributed by atoms with E-state index in [-0.39, 0.29) is 36.3 Å². The molecule has 0 saturated heterocycles. The van der Waals surface area contributed by atoms with Crippen LogP contribution in [0.5, 0.6) is 11.5 Å². The summed E-state index contributed by atoms with van der Waals surface area (Å²) in [4.78, 5) is 31.5. The van der Waals surface area contributed by atoms with Gasteiger partial charge < -0.3 is 19.3 Å². The Balaban J connectivity index is 0.00000272. The molecule has 0 unspecified atom stereocenters. The number of pyridine rings is 1. The third-order valence-corrected chi connectivity index (χ3v) is 5.81. The van der Waals surface area contributed by atoms with E-state index in [0.717, 1.165) is 5.56 Å². The molecule has 1 aliphatic rings. The first kappa shape index (κ1) is 23.1. The summed E-state index contributed by atoms with van der Waals surface area (Å²) in [5.74, 6) is -0.351. The molecule has 7 nitrogen and oxygen atoms in total. The van der Waals surface area contributed by atoms with Gasteiger partial charge in [0.1, 0.15) is 10.8 Å². The van der Waals surface area contributed by atoms with Gasteiger partial charge in [-0.05, 0) is 26.0 Å². The minimum Gasteiger partial charge on any atom is -0.503 e. The van der Waals surface area contributed by atoms with Crippen molar-refractivity contribution in [1.29, 1.82) is 0 Å². The van der Waals surface area contributed by atoms with E-state index in [1.807, 2.05) is 19.9 Å². The summed E-state index contributed by atoms with van der Waals surface area (Å²) in [6.45, 7) is 4.98. The smallest absolute Gasteiger partial charge is 0.274 e. The summed E-state index contributed by atoms with van der Waals surface area (Å²) in [6.07, 6.45) is 3.14. The van der Waals surface area contributed by atoms with E-state index >= 15 is 0 Å². The quantitative estimate of drug-likeness (QED) is 0.590. The van der Waals surface area contributed by atoms with Crippen LogP contribution in [0.4, 0.5) is 0 Å². The molecule has 0 atom stereocenters. The number of amides is 1. The van der Waals surface area contributed by atoms with Gasteiger partial charge in [-0.25, -0.2) is 4.98 Å². The number of benzene rings is 1. The van der Waals surface area contributed by atoms with Crippen molar-refractivity contribution >= 4 is 41.3 Å². The number of aromatic nitrogens is 2. The van der Waals surface area contributed by atoms with Crippen LogP contribution >= 0.6 is 35.3 Å². The number of thiazole rings is 1. The van der Waals surface area contributed by atoms with Crippen molar-refractivity contribution in [3.8, 4) is 22.1 Å². The minimum atomic E-state index is -0.596. The molecule has 0 radical (unpaired) electrons. The molecule has 1 aliphatic heterocycles. The molecule has 10 heteroatoms. The van der Waals surface area contributed by atoms with E-state index < -0.39 is 17.1 Å². The molecule has 31 heavy (non-hydrogen) atoms. The number of aromatic hydroxyl groups is 1. The van der Waals surface area contributed by atoms with Crippen LogP contribution in [0.25, 0.3) is 10.6 Å². The van der Waals surface area contributed by atoms with E-state index in [1.165, 1.54) is 11.3 Å². The van der Waals surface area contributed by atoms with Crippen molar-refractivity contribution in [2.45, 2.75) is 33.0 Å². The van der Waals surface area contributed by atoms with E-state index in [2.05, 4.69) is 4.98 Å². The normalized spacial score (nSPS) is 13.2. The number of hydrogen-bond donors (Lipinski definition) is 1. The number of halogens is 2. The van der Waals surface area contributed by atoms with Crippen molar-refractivity contribution in [2.75, 3.05) is 6.54 Å². The molecule has 3 heterocycles. The van der Waals surface area contributed by atoms with Crippen molar-refractivity contribution in [1.82, 2.24) is 14.5 Å². The maximum Gasteiger partial charge on any atom is 0.274 e. The SMILES string of the molecule is CC(C)Oc1cc(Cl)ccc1CN1CCn2cc(-c3nccs3)c(=O)c(O)c2C1=O.Cl. The number of nitrogens with zero attached hydrogens (tertiary/aromatic N) is 3. The summed E-state index contributed by atoms with van der Waals surface area (Å²) in [5.41, 5.74) is 0.488. The lowest BCUT2D eigenvalue weighted by molar-refractivity contribution is 0.0681. The van der Waals surface area contributed by atoms with E-state index in [0.29, 0.717) is 28.9 Å². The molecule has 0 aliphatic carbocycles. The third kappa shape index (κ3) is 4.56. The second kappa shape index (κ2) is 9.30. The number of carbonyl (C=O) groups excluding carboxylic acids is 1. The Bertz CT molecular complexity index is 1160. The number of rotatable bonds is 5. The Hall–Kier alpha value is -2.55. The number of ether oxygens (including phenoxy) is 1. The predicted octanol–water partition coefficient (Wildman–Crippen LogP) is 4.20. The number of carbonyl (C=O) groups is 1. The number of fused-ring (bicyclic) bond motifs is 1. The molecule has 0 bridgehead atoms. The topological polar surface area (TPSA) is 84.7 Å². The summed E-state index contributed by atoms with van der Waals surface area (Å²) in [5, 5.41) is 13.4. The van der Waals surface area contributed by atoms with E-state index in [4.69, 9.17) is 16.3 Å². The largest absolute Gasteiger partial charge is 0.503 e. The second-order valence-corrected chi connectivity index (χ2v) is 8.58. The highest BCUT2D eigenvalue weighted by atomic mass is 35.5. The van der Waals surface area contributed by atoms with Crippen LogP contribution in [0.3, 0.4) is 0 Å². The molecule has 0 fully saturated rings. The first-order chi connectivity index (χ1) is 14.3. The second-order valence-electron chi connectivity index (χ2n) is 7.25. The highest BCUT2D eigenvalue weighted by Gasteiger charge is 2.30. The Morgan fingerprint density at radius 1 is 1.29 bits per heavy atom. The molecule has 2 aromatic heterocycles. The highest BCUT2D eigenvalue weighted by Crippen LogP contribution is 2.29. The van der Waals surface area contributed by atoms with Gasteiger partial charge in [0, 0.05) is 48.0 Å². The Kier molecular flexibility index (Phi) is 6.93.